The number of carbonyl (C=O) groups is 3. The topological polar surface area (TPSA) is 76.2 Å². The molecule has 0 aliphatic carbocycles. The van der Waals surface area contributed by atoms with E-state index in [1.807, 2.05) is 0 Å². The molecule has 0 bridgehead atoms. The van der Waals surface area contributed by atoms with E-state index in [-0.39, 0.29) is 6.47 Å². The molecule has 0 aromatic carbocycles. The average molecular weight is 284 g/mol. The van der Waals surface area contributed by atoms with Crippen molar-refractivity contribution in [2.45, 2.75) is 26.4 Å². The van der Waals surface area contributed by atoms with Gasteiger partial charge < -0.3 is 19.3 Å². The molecule has 1 aliphatic rings. The summed E-state index contributed by atoms with van der Waals surface area (Å²) < 4.78 is 9.45. The molecule has 0 unspecified atom stereocenters. The molecule has 7 nitrogen and oxygen atoms in total. The van der Waals surface area contributed by atoms with Crippen molar-refractivity contribution in [1.29, 1.82) is 0 Å². The van der Waals surface area contributed by atoms with Gasteiger partial charge in [0.15, 0.2) is 0 Å². The summed E-state index contributed by atoms with van der Waals surface area (Å²) in [5, 5.41) is 0. The van der Waals surface area contributed by atoms with Crippen molar-refractivity contribution in [2.24, 2.45) is 0 Å². The summed E-state index contributed by atoms with van der Waals surface area (Å²) in [6.07, 6.45) is 6.92. The summed E-state index contributed by atoms with van der Waals surface area (Å²) in [5.41, 5.74) is -0.537. The van der Waals surface area contributed by atoms with E-state index in [2.05, 4.69) is 17.6 Å². The van der Waals surface area contributed by atoms with Crippen molar-refractivity contribution in [3.63, 3.8) is 0 Å². The lowest BCUT2D eigenvalue weighted by Gasteiger charge is -2.34. The number of terminal acetylenes is 1. The molecule has 1 aliphatic heterocycles. The second-order valence-electron chi connectivity index (χ2n) is 4.93. The number of rotatable bonds is 1. The Balaban J connectivity index is 0.00000172. The van der Waals surface area contributed by atoms with Gasteiger partial charge in [0.2, 0.25) is 0 Å². The van der Waals surface area contributed by atoms with Gasteiger partial charge in [-0.05, 0) is 20.8 Å². The Labute approximate surface area is 118 Å². The molecular formula is C13H20N2O5. The van der Waals surface area contributed by atoms with Gasteiger partial charge in [-0.25, -0.2) is 9.59 Å². The van der Waals surface area contributed by atoms with E-state index in [0.29, 0.717) is 26.2 Å². The van der Waals surface area contributed by atoms with Crippen molar-refractivity contribution in [3.05, 3.63) is 0 Å². The first kappa shape index (κ1) is 17.8. The van der Waals surface area contributed by atoms with Gasteiger partial charge in [0, 0.05) is 26.2 Å². The third kappa shape index (κ3) is 6.09. The maximum Gasteiger partial charge on any atom is 0.417 e. The van der Waals surface area contributed by atoms with Crippen LogP contribution in [0, 0.1) is 12.8 Å². The Morgan fingerprint density at radius 1 is 1.00 bits per heavy atom. The van der Waals surface area contributed by atoms with Crippen molar-refractivity contribution in [3.8, 4) is 12.8 Å². The first-order valence-electron chi connectivity index (χ1n) is 6.04. The molecule has 0 N–H and O–H groups in total. The highest BCUT2D eigenvalue weighted by molar-refractivity contribution is 5.75. The molecule has 2 amide bonds. The zero-order chi connectivity index (χ0) is 15.8. The Hall–Kier alpha value is -2.23. The predicted molar refractivity (Wildman–Crippen MR) is 71.8 cm³/mol. The SMILES string of the molecule is C#C.CC(C)(C)OC(=O)N1CCN(C(=O)OC=O)CC1. The Morgan fingerprint density at radius 2 is 1.40 bits per heavy atom. The fraction of sp³-hybridized carbons (Fsp3) is 0.615. The maximum absolute atomic E-state index is 11.7. The second-order valence-corrected chi connectivity index (χ2v) is 4.93. The van der Waals surface area contributed by atoms with E-state index in [1.54, 1.807) is 20.8 Å². The molecular weight excluding hydrogens is 264 g/mol. The largest absolute Gasteiger partial charge is 0.444 e. The maximum atomic E-state index is 11.7. The van der Waals surface area contributed by atoms with Gasteiger partial charge in [-0.3, -0.25) is 4.79 Å². The fourth-order valence-corrected chi connectivity index (χ4v) is 1.51. The van der Waals surface area contributed by atoms with Gasteiger partial charge in [0.25, 0.3) is 0 Å². The Morgan fingerprint density at radius 3 is 1.75 bits per heavy atom. The van der Waals surface area contributed by atoms with E-state index in [4.69, 9.17) is 4.74 Å². The van der Waals surface area contributed by atoms with Crippen LogP contribution >= 0.6 is 0 Å². The van der Waals surface area contributed by atoms with Crippen LogP contribution in [0.2, 0.25) is 0 Å². The van der Waals surface area contributed by atoms with Crippen LogP contribution < -0.4 is 0 Å². The van der Waals surface area contributed by atoms with Crippen LogP contribution in [0.15, 0.2) is 0 Å². The summed E-state index contributed by atoms with van der Waals surface area (Å²) in [4.78, 5) is 35.9. The van der Waals surface area contributed by atoms with E-state index >= 15 is 0 Å². The number of ether oxygens (including phenoxy) is 2. The van der Waals surface area contributed by atoms with Gasteiger partial charge in [-0.1, -0.05) is 0 Å². The predicted octanol–water partition coefficient (Wildman–Crippen LogP) is 1.08. The third-order valence-electron chi connectivity index (χ3n) is 2.34. The molecule has 1 heterocycles. The van der Waals surface area contributed by atoms with Crippen molar-refractivity contribution >= 4 is 18.7 Å². The van der Waals surface area contributed by atoms with E-state index < -0.39 is 17.8 Å². The van der Waals surface area contributed by atoms with Crippen LogP contribution in [0.4, 0.5) is 9.59 Å². The van der Waals surface area contributed by atoms with Crippen molar-refractivity contribution in [2.75, 3.05) is 26.2 Å². The number of piperazine rings is 1. The second kappa shape index (κ2) is 8.04. The number of hydrogen-bond donors (Lipinski definition) is 0. The minimum Gasteiger partial charge on any atom is -0.444 e. The van der Waals surface area contributed by atoms with Crippen molar-refractivity contribution in [1.82, 2.24) is 9.80 Å². The number of nitrogens with zero attached hydrogens (tertiary/aromatic N) is 2. The van der Waals surface area contributed by atoms with Gasteiger partial charge in [0.1, 0.15) is 5.60 Å². The van der Waals surface area contributed by atoms with Gasteiger partial charge in [0.05, 0.1) is 0 Å². The molecule has 112 valence electrons. The van der Waals surface area contributed by atoms with Gasteiger partial charge >= 0.3 is 18.7 Å². The number of carbonyl (C=O) groups excluding carboxylic acids is 3. The monoisotopic (exact) mass is 284 g/mol. The molecule has 0 saturated carbocycles. The van der Waals surface area contributed by atoms with Crippen LogP contribution in [0.1, 0.15) is 20.8 Å². The smallest absolute Gasteiger partial charge is 0.417 e. The van der Waals surface area contributed by atoms with Crippen LogP contribution in [0.5, 0.6) is 0 Å². The minimum atomic E-state index is -0.686. The first-order chi connectivity index (χ1) is 9.33. The molecule has 1 rings (SSSR count). The molecule has 0 atom stereocenters. The number of hydrogen-bond acceptors (Lipinski definition) is 5. The van der Waals surface area contributed by atoms with Gasteiger partial charge in [-0.15, -0.1) is 12.8 Å². The van der Waals surface area contributed by atoms with Crippen LogP contribution in [0.3, 0.4) is 0 Å². The highest BCUT2D eigenvalue weighted by Crippen LogP contribution is 2.12. The lowest BCUT2D eigenvalue weighted by atomic mass is 10.2. The van der Waals surface area contributed by atoms with E-state index in [0.717, 1.165) is 0 Å². The fourth-order valence-electron chi connectivity index (χ4n) is 1.51. The normalized spacial score (nSPS) is 14.7. The molecule has 0 radical (unpaired) electrons. The van der Waals surface area contributed by atoms with Gasteiger partial charge in [-0.2, -0.15) is 0 Å². The summed E-state index contributed by atoms with van der Waals surface area (Å²) in [6.45, 7) is 6.86. The molecule has 20 heavy (non-hydrogen) atoms. The highest BCUT2D eigenvalue weighted by Gasteiger charge is 2.28. The Bertz CT molecular complexity index is 365. The Kier molecular flexibility index (Phi) is 7.15. The van der Waals surface area contributed by atoms with Crippen LogP contribution in [0.25, 0.3) is 0 Å². The zero-order valence-electron chi connectivity index (χ0n) is 12.0. The molecule has 1 fully saturated rings. The summed E-state index contributed by atoms with van der Waals surface area (Å²) in [6, 6.07) is 0. The van der Waals surface area contributed by atoms with Crippen molar-refractivity contribution < 1.29 is 23.9 Å². The summed E-state index contributed by atoms with van der Waals surface area (Å²) in [5.74, 6) is 0. The quantitative estimate of drug-likeness (QED) is 0.409. The highest BCUT2D eigenvalue weighted by atomic mass is 16.6. The first-order valence-corrected chi connectivity index (χ1v) is 6.04. The summed E-state index contributed by atoms with van der Waals surface area (Å²) >= 11 is 0. The third-order valence-corrected chi connectivity index (χ3v) is 2.34. The van der Waals surface area contributed by atoms with E-state index in [9.17, 15) is 14.4 Å². The average Bonchev–Trinajstić information content (AvgIpc) is 2.39. The lowest BCUT2D eigenvalue weighted by Crippen LogP contribution is -2.51. The molecule has 0 aromatic rings. The summed E-state index contributed by atoms with van der Waals surface area (Å²) in [7, 11) is 0. The number of amides is 2. The zero-order valence-corrected chi connectivity index (χ0v) is 12.0. The van der Waals surface area contributed by atoms with E-state index in [1.165, 1.54) is 9.80 Å². The minimum absolute atomic E-state index is 0.0998. The van der Waals surface area contributed by atoms with Crippen LogP contribution in [-0.4, -0.2) is 60.2 Å². The molecule has 1 saturated heterocycles. The molecule has 0 spiro atoms. The lowest BCUT2D eigenvalue weighted by molar-refractivity contribution is -0.124. The molecule has 7 heteroatoms. The van der Waals surface area contributed by atoms with Crippen LogP contribution in [-0.2, 0) is 14.3 Å². The molecule has 0 aromatic heterocycles. The standard InChI is InChI=1S/C11H18N2O5.C2H2/c1-11(2,3)18-10(16)13-6-4-12(5-7-13)9(15)17-8-14;1-2/h8H,4-7H2,1-3H3;1-2H.